The molecule has 2 heterocycles. The molecule has 0 saturated carbocycles. The van der Waals surface area contributed by atoms with Gasteiger partial charge in [0.2, 0.25) is 5.91 Å². The summed E-state index contributed by atoms with van der Waals surface area (Å²) in [4.78, 5) is 30.1. The molecule has 1 fully saturated rings. The minimum absolute atomic E-state index is 0.00111. The summed E-state index contributed by atoms with van der Waals surface area (Å²) in [5, 5.41) is 9.03. The Labute approximate surface area is 178 Å². The smallest absolute Gasteiger partial charge is 0.268 e. The number of alkyl halides is 2. The zero-order chi connectivity index (χ0) is 22.6. The van der Waals surface area contributed by atoms with Gasteiger partial charge in [0, 0.05) is 37.2 Å². The molecule has 0 aliphatic carbocycles. The molecule has 0 radical (unpaired) electrons. The van der Waals surface area contributed by atoms with Crippen LogP contribution in [0.5, 0.6) is 0 Å². The van der Waals surface area contributed by atoms with E-state index in [1.807, 2.05) is 6.92 Å². The van der Waals surface area contributed by atoms with Gasteiger partial charge < -0.3 is 4.90 Å². The molecule has 1 aliphatic heterocycles. The summed E-state index contributed by atoms with van der Waals surface area (Å²) in [7, 11) is 0. The van der Waals surface area contributed by atoms with Gasteiger partial charge in [0.15, 0.2) is 5.78 Å². The molecule has 1 aromatic heterocycles. The number of pyridine rings is 1. The standard InChI is InChI=1S/C23H22F3N3O2/c1-15(16-2-4-18(24)5-3-16)10-17-13-28-9-8-20(17)21(30)6-7-22(31)29-14-23(25,26)11-19(29)12-27/h2-5,8-9,13,15,19H,6-7,10-11,14H2,1H3/t15-,19-/m0/s1. The maximum absolute atomic E-state index is 13.6. The molecule has 3 rings (SSSR count). The van der Waals surface area contributed by atoms with Crippen LogP contribution in [0.1, 0.15) is 53.6 Å². The van der Waals surface area contributed by atoms with E-state index < -0.39 is 30.8 Å². The van der Waals surface area contributed by atoms with Crippen molar-refractivity contribution in [3.05, 3.63) is 65.2 Å². The van der Waals surface area contributed by atoms with Gasteiger partial charge in [-0.05, 0) is 41.7 Å². The summed E-state index contributed by atoms with van der Waals surface area (Å²) in [5.74, 6) is -4.34. The predicted molar refractivity (Wildman–Crippen MR) is 107 cm³/mol. The van der Waals surface area contributed by atoms with Crippen molar-refractivity contribution in [3.63, 3.8) is 0 Å². The molecule has 162 valence electrons. The number of hydrogen-bond acceptors (Lipinski definition) is 4. The van der Waals surface area contributed by atoms with Gasteiger partial charge in [-0.25, -0.2) is 13.2 Å². The Kier molecular flexibility index (Phi) is 6.74. The van der Waals surface area contributed by atoms with E-state index in [0.717, 1.165) is 10.5 Å². The lowest BCUT2D eigenvalue weighted by atomic mass is 9.91. The van der Waals surface area contributed by atoms with Gasteiger partial charge in [-0.15, -0.1) is 0 Å². The van der Waals surface area contributed by atoms with Crippen molar-refractivity contribution in [1.29, 1.82) is 5.26 Å². The summed E-state index contributed by atoms with van der Waals surface area (Å²) in [6, 6.07) is 8.26. The molecular weight excluding hydrogens is 407 g/mol. The molecule has 2 aromatic rings. The second kappa shape index (κ2) is 9.29. The lowest BCUT2D eigenvalue weighted by Crippen LogP contribution is -2.36. The van der Waals surface area contributed by atoms with Crippen molar-refractivity contribution in [3.8, 4) is 6.07 Å². The monoisotopic (exact) mass is 429 g/mol. The van der Waals surface area contributed by atoms with Crippen LogP contribution in [0, 0.1) is 17.1 Å². The van der Waals surface area contributed by atoms with Crippen LogP contribution < -0.4 is 0 Å². The van der Waals surface area contributed by atoms with Gasteiger partial charge in [-0.2, -0.15) is 5.26 Å². The van der Waals surface area contributed by atoms with Crippen LogP contribution in [0.2, 0.25) is 0 Å². The molecule has 0 bridgehead atoms. The van der Waals surface area contributed by atoms with Crippen molar-refractivity contribution in [2.45, 2.75) is 50.5 Å². The third-order valence-electron chi connectivity index (χ3n) is 5.47. The Morgan fingerprint density at radius 1 is 1.26 bits per heavy atom. The van der Waals surface area contributed by atoms with Crippen molar-refractivity contribution in [2.75, 3.05) is 6.54 Å². The zero-order valence-corrected chi connectivity index (χ0v) is 17.0. The number of hydrogen-bond donors (Lipinski definition) is 0. The van der Waals surface area contributed by atoms with Crippen molar-refractivity contribution in [1.82, 2.24) is 9.88 Å². The highest BCUT2D eigenvalue weighted by molar-refractivity contribution is 5.99. The van der Waals surface area contributed by atoms with E-state index in [4.69, 9.17) is 5.26 Å². The van der Waals surface area contributed by atoms with Gasteiger partial charge in [0.1, 0.15) is 11.9 Å². The number of Topliss-reactive ketones (excluding diaryl/α,β-unsaturated/α-hetero) is 1. The lowest BCUT2D eigenvalue weighted by molar-refractivity contribution is -0.132. The Morgan fingerprint density at radius 2 is 1.97 bits per heavy atom. The van der Waals surface area contributed by atoms with Gasteiger partial charge >= 0.3 is 0 Å². The molecule has 0 spiro atoms. The van der Waals surface area contributed by atoms with E-state index >= 15 is 0 Å². The summed E-state index contributed by atoms with van der Waals surface area (Å²) in [5.41, 5.74) is 2.02. The minimum atomic E-state index is -3.09. The number of aromatic nitrogens is 1. The number of nitrogens with zero attached hydrogens (tertiary/aromatic N) is 3. The van der Waals surface area contributed by atoms with Crippen LogP contribution in [0.3, 0.4) is 0 Å². The molecule has 5 nitrogen and oxygen atoms in total. The number of carbonyl (C=O) groups is 2. The maximum Gasteiger partial charge on any atom is 0.268 e. The fourth-order valence-electron chi connectivity index (χ4n) is 3.79. The first-order chi connectivity index (χ1) is 14.7. The fourth-order valence-corrected chi connectivity index (χ4v) is 3.79. The first kappa shape index (κ1) is 22.5. The number of rotatable bonds is 7. The minimum Gasteiger partial charge on any atom is -0.320 e. The quantitative estimate of drug-likeness (QED) is 0.616. The van der Waals surface area contributed by atoms with Gasteiger partial charge in [-0.1, -0.05) is 19.1 Å². The van der Waals surface area contributed by atoms with Crippen LogP contribution in [-0.4, -0.2) is 40.1 Å². The van der Waals surface area contributed by atoms with Crippen LogP contribution >= 0.6 is 0 Å². The van der Waals surface area contributed by atoms with Crippen LogP contribution in [0.4, 0.5) is 13.2 Å². The number of carbonyl (C=O) groups excluding carboxylic acids is 2. The molecule has 1 saturated heterocycles. The molecular formula is C23H22F3N3O2. The topological polar surface area (TPSA) is 74.1 Å². The third kappa shape index (κ3) is 5.48. The molecule has 2 atom stereocenters. The van der Waals surface area contributed by atoms with E-state index in [-0.39, 0.29) is 30.4 Å². The summed E-state index contributed by atoms with van der Waals surface area (Å²) < 4.78 is 40.3. The second-order valence-corrected chi connectivity index (χ2v) is 7.84. The van der Waals surface area contributed by atoms with E-state index in [1.165, 1.54) is 18.3 Å². The Hall–Kier alpha value is -3.21. The number of halogens is 3. The summed E-state index contributed by atoms with van der Waals surface area (Å²) >= 11 is 0. The van der Waals surface area contributed by atoms with Crippen molar-refractivity contribution in [2.24, 2.45) is 0 Å². The number of amides is 1. The fraction of sp³-hybridized carbons (Fsp3) is 0.391. The molecule has 31 heavy (non-hydrogen) atoms. The van der Waals surface area contributed by atoms with Gasteiger partial charge in [0.25, 0.3) is 5.92 Å². The molecule has 1 aromatic carbocycles. The molecule has 0 N–H and O–H groups in total. The average Bonchev–Trinajstić information content (AvgIpc) is 3.07. The number of ketones is 1. The highest BCUT2D eigenvalue weighted by atomic mass is 19.3. The lowest BCUT2D eigenvalue weighted by Gasteiger charge is -2.19. The van der Waals surface area contributed by atoms with E-state index in [9.17, 15) is 22.8 Å². The van der Waals surface area contributed by atoms with Gasteiger partial charge in [0.05, 0.1) is 12.6 Å². The third-order valence-corrected chi connectivity index (χ3v) is 5.47. The number of likely N-dealkylation sites (tertiary alicyclic amines) is 1. The van der Waals surface area contributed by atoms with Crippen LogP contribution in [0.25, 0.3) is 0 Å². The normalized spacial score (nSPS) is 18.4. The highest BCUT2D eigenvalue weighted by Crippen LogP contribution is 2.32. The molecule has 0 unspecified atom stereocenters. The van der Waals surface area contributed by atoms with E-state index in [0.29, 0.717) is 17.5 Å². The first-order valence-electron chi connectivity index (χ1n) is 9.98. The molecule has 8 heteroatoms. The predicted octanol–water partition coefficient (Wildman–Crippen LogP) is 4.29. The Bertz CT molecular complexity index is 1000. The Balaban J connectivity index is 1.65. The van der Waals surface area contributed by atoms with Crippen LogP contribution in [-0.2, 0) is 11.2 Å². The largest absolute Gasteiger partial charge is 0.320 e. The Morgan fingerprint density at radius 3 is 2.65 bits per heavy atom. The van der Waals surface area contributed by atoms with Gasteiger partial charge in [-0.3, -0.25) is 14.6 Å². The van der Waals surface area contributed by atoms with Crippen LogP contribution in [0.15, 0.2) is 42.7 Å². The second-order valence-electron chi connectivity index (χ2n) is 7.84. The maximum atomic E-state index is 13.6. The zero-order valence-electron chi connectivity index (χ0n) is 17.0. The van der Waals surface area contributed by atoms with Crippen molar-refractivity contribution >= 4 is 11.7 Å². The first-order valence-corrected chi connectivity index (χ1v) is 9.98. The van der Waals surface area contributed by atoms with E-state index in [1.54, 1.807) is 30.5 Å². The average molecular weight is 429 g/mol. The SMILES string of the molecule is C[C@@H](Cc1cnccc1C(=O)CCC(=O)N1CC(F)(F)C[C@H]1C#N)c1ccc(F)cc1. The van der Waals surface area contributed by atoms with Crippen molar-refractivity contribution < 1.29 is 22.8 Å². The number of nitriles is 1. The summed E-state index contributed by atoms with van der Waals surface area (Å²) in [6.45, 7) is 1.15. The van der Waals surface area contributed by atoms with E-state index in [2.05, 4.69) is 4.98 Å². The highest BCUT2D eigenvalue weighted by Gasteiger charge is 2.47. The molecule has 1 amide bonds. The molecule has 1 aliphatic rings. The summed E-state index contributed by atoms with van der Waals surface area (Å²) in [6.07, 6.45) is 2.47. The number of benzene rings is 1.